The van der Waals surface area contributed by atoms with Crippen molar-refractivity contribution in [2.75, 3.05) is 12.0 Å². The van der Waals surface area contributed by atoms with Gasteiger partial charge in [0.05, 0.1) is 34.4 Å². The number of imidazole rings is 1. The molecule has 1 saturated heterocycles. The SMILES string of the molecule is COc1ccc(/C(O)=C2\C(=O)C(=O)N(c3nc4ccccc4[nH]3)C2c2ccccn2)cc1Cl. The third-order valence-corrected chi connectivity index (χ3v) is 5.74. The molecule has 0 spiro atoms. The third-order valence-electron chi connectivity index (χ3n) is 5.44. The van der Waals surface area contributed by atoms with Gasteiger partial charge in [0.25, 0.3) is 5.78 Å². The van der Waals surface area contributed by atoms with Gasteiger partial charge in [0, 0.05) is 11.8 Å². The number of fused-ring (bicyclic) bond motifs is 1. The van der Waals surface area contributed by atoms with Crippen molar-refractivity contribution in [3.8, 4) is 5.75 Å². The summed E-state index contributed by atoms with van der Waals surface area (Å²) in [5, 5.41) is 11.4. The third kappa shape index (κ3) is 3.41. The first-order chi connectivity index (χ1) is 16.0. The van der Waals surface area contributed by atoms with Crippen molar-refractivity contribution < 1.29 is 19.4 Å². The lowest BCUT2D eigenvalue weighted by Crippen LogP contribution is -2.30. The van der Waals surface area contributed by atoms with Gasteiger partial charge >= 0.3 is 5.91 Å². The van der Waals surface area contributed by atoms with Gasteiger partial charge in [-0.05, 0) is 42.5 Å². The van der Waals surface area contributed by atoms with Crippen LogP contribution in [0.15, 0.2) is 72.4 Å². The monoisotopic (exact) mass is 460 g/mol. The average molecular weight is 461 g/mol. The number of aliphatic hydroxyl groups excluding tert-OH is 1. The number of hydrogen-bond acceptors (Lipinski definition) is 6. The van der Waals surface area contributed by atoms with Crippen molar-refractivity contribution in [3.63, 3.8) is 0 Å². The van der Waals surface area contributed by atoms with E-state index in [2.05, 4.69) is 15.0 Å². The van der Waals surface area contributed by atoms with Gasteiger partial charge in [-0.25, -0.2) is 4.98 Å². The zero-order valence-electron chi connectivity index (χ0n) is 17.3. The van der Waals surface area contributed by atoms with E-state index in [0.717, 1.165) is 0 Å². The highest BCUT2D eigenvalue weighted by molar-refractivity contribution is 6.51. The lowest BCUT2D eigenvalue weighted by molar-refractivity contribution is -0.132. The van der Waals surface area contributed by atoms with E-state index < -0.39 is 17.7 Å². The van der Waals surface area contributed by atoms with Crippen LogP contribution >= 0.6 is 11.6 Å². The van der Waals surface area contributed by atoms with Crippen LogP contribution in [0.5, 0.6) is 5.75 Å². The van der Waals surface area contributed by atoms with Gasteiger partial charge in [-0.2, -0.15) is 0 Å². The number of benzene rings is 2. The molecule has 0 aliphatic carbocycles. The van der Waals surface area contributed by atoms with Gasteiger partial charge in [-0.3, -0.25) is 19.5 Å². The number of halogens is 1. The molecule has 2 aromatic carbocycles. The lowest BCUT2D eigenvalue weighted by Gasteiger charge is -2.22. The molecular weight excluding hydrogens is 444 g/mol. The van der Waals surface area contributed by atoms with Crippen molar-refractivity contribution in [2.24, 2.45) is 0 Å². The second-order valence-electron chi connectivity index (χ2n) is 7.35. The largest absolute Gasteiger partial charge is 0.507 e. The predicted octanol–water partition coefficient (Wildman–Crippen LogP) is 4.25. The highest BCUT2D eigenvalue weighted by Crippen LogP contribution is 2.41. The molecule has 1 aliphatic heterocycles. The summed E-state index contributed by atoms with van der Waals surface area (Å²) < 4.78 is 5.16. The van der Waals surface area contributed by atoms with Crippen LogP contribution in [-0.2, 0) is 9.59 Å². The number of amides is 1. The molecule has 0 radical (unpaired) electrons. The molecule has 1 fully saturated rings. The van der Waals surface area contributed by atoms with Crippen LogP contribution in [0.1, 0.15) is 17.3 Å². The molecule has 1 atom stereocenters. The highest BCUT2D eigenvalue weighted by atomic mass is 35.5. The molecule has 2 aromatic heterocycles. The minimum atomic E-state index is -0.993. The topological polar surface area (TPSA) is 108 Å². The van der Waals surface area contributed by atoms with Crippen LogP contribution < -0.4 is 9.64 Å². The van der Waals surface area contributed by atoms with E-state index in [-0.39, 0.29) is 27.9 Å². The van der Waals surface area contributed by atoms with Crippen LogP contribution in [0, 0.1) is 0 Å². The number of para-hydroxylation sites is 2. The number of ether oxygens (including phenoxy) is 1. The number of carbonyl (C=O) groups is 2. The quantitative estimate of drug-likeness (QED) is 0.268. The zero-order chi connectivity index (χ0) is 23.1. The second kappa shape index (κ2) is 8.07. The molecule has 0 saturated carbocycles. The van der Waals surface area contributed by atoms with Gasteiger partial charge in [-0.15, -0.1) is 0 Å². The number of H-pyrrole nitrogens is 1. The van der Waals surface area contributed by atoms with Crippen LogP contribution in [0.25, 0.3) is 16.8 Å². The van der Waals surface area contributed by atoms with E-state index in [1.54, 1.807) is 42.6 Å². The van der Waals surface area contributed by atoms with Crippen LogP contribution in [0.2, 0.25) is 5.02 Å². The summed E-state index contributed by atoms with van der Waals surface area (Å²) in [6, 6.07) is 16.0. The molecule has 1 unspecified atom stereocenters. The number of nitrogens with zero attached hydrogens (tertiary/aromatic N) is 3. The second-order valence-corrected chi connectivity index (χ2v) is 7.76. The number of rotatable bonds is 4. The number of nitrogens with one attached hydrogen (secondary N) is 1. The Kier molecular flexibility index (Phi) is 5.07. The molecule has 4 aromatic rings. The van der Waals surface area contributed by atoms with E-state index >= 15 is 0 Å². The maximum absolute atomic E-state index is 13.2. The fourth-order valence-corrected chi connectivity index (χ4v) is 4.15. The molecule has 33 heavy (non-hydrogen) atoms. The minimum Gasteiger partial charge on any atom is -0.507 e. The summed E-state index contributed by atoms with van der Waals surface area (Å²) in [6.45, 7) is 0. The number of carbonyl (C=O) groups excluding carboxylic acids is 2. The van der Waals surface area contributed by atoms with Crippen molar-refractivity contribution in [1.82, 2.24) is 15.0 Å². The molecule has 2 N–H and O–H groups in total. The predicted molar refractivity (Wildman–Crippen MR) is 123 cm³/mol. The number of aromatic nitrogens is 3. The Morgan fingerprint density at radius 1 is 1.12 bits per heavy atom. The lowest BCUT2D eigenvalue weighted by atomic mass is 9.98. The summed E-state index contributed by atoms with van der Waals surface area (Å²) in [7, 11) is 1.47. The Morgan fingerprint density at radius 3 is 2.61 bits per heavy atom. The Labute approximate surface area is 193 Å². The van der Waals surface area contributed by atoms with Gasteiger partial charge in [0.1, 0.15) is 17.6 Å². The zero-order valence-corrected chi connectivity index (χ0v) is 18.1. The molecule has 3 heterocycles. The van der Waals surface area contributed by atoms with E-state index in [4.69, 9.17) is 16.3 Å². The molecule has 164 valence electrons. The van der Waals surface area contributed by atoms with Gasteiger partial charge in [0.2, 0.25) is 5.95 Å². The van der Waals surface area contributed by atoms with Gasteiger partial charge < -0.3 is 14.8 Å². The first-order valence-corrected chi connectivity index (χ1v) is 10.4. The number of pyridine rings is 1. The summed E-state index contributed by atoms with van der Waals surface area (Å²) >= 11 is 6.22. The van der Waals surface area contributed by atoms with Crippen LogP contribution in [0.3, 0.4) is 0 Å². The van der Waals surface area contributed by atoms with Crippen molar-refractivity contribution >= 4 is 46.0 Å². The number of ketones is 1. The summed E-state index contributed by atoms with van der Waals surface area (Å²) in [5.74, 6) is -1.45. The fourth-order valence-electron chi connectivity index (χ4n) is 3.89. The Bertz CT molecular complexity index is 1400. The highest BCUT2D eigenvalue weighted by Gasteiger charge is 2.48. The first-order valence-electron chi connectivity index (χ1n) is 10.00. The average Bonchev–Trinajstić information content (AvgIpc) is 3.37. The van der Waals surface area contributed by atoms with Crippen molar-refractivity contribution in [1.29, 1.82) is 0 Å². The molecule has 8 nitrogen and oxygen atoms in total. The number of aromatic amines is 1. The number of anilines is 1. The van der Waals surface area contributed by atoms with E-state index in [1.807, 2.05) is 18.2 Å². The Hall–Kier alpha value is -4.17. The maximum Gasteiger partial charge on any atom is 0.302 e. The normalized spacial score (nSPS) is 17.6. The minimum absolute atomic E-state index is 0.111. The maximum atomic E-state index is 13.2. The Morgan fingerprint density at radius 2 is 1.91 bits per heavy atom. The van der Waals surface area contributed by atoms with Gasteiger partial charge in [0.15, 0.2) is 0 Å². The summed E-state index contributed by atoms with van der Waals surface area (Å²) in [5.41, 5.74) is 1.90. The number of Topliss-reactive ketones (excluding diaryl/α,β-unsaturated/α-hetero) is 1. The number of hydrogen-bond donors (Lipinski definition) is 2. The molecule has 9 heteroatoms. The molecule has 0 bridgehead atoms. The molecular formula is C24H17ClN4O4. The van der Waals surface area contributed by atoms with E-state index in [1.165, 1.54) is 18.1 Å². The molecule has 1 amide bonds. The Balaban J connectivity index is 1.72. The standard InChI is InChI=1S/C24H17ClN4O4/c1-33-18-10-9-13(12-14(18)25)21(30)19-20(17-8-4-5-11-26-17)29(23(32)22(19)31)24-27-15-6-2-3-7-16(15)28-24/h2-12,20,30H,1H3,(H,27,28)/b21-19+. The summed E-state index contributed by atoms with van der Waals surface area (Å²) in [4.78, 5) is 39.5. The molecule has 5 rings (SSSR count). The van der Waals surface area contributed by atoms with Crippen molar-refractivity contribution in [2.45, 2.75) is 6.04 Å². The number of aliphatic hydroxyl groups is 1. The first kappa shape index (κ1) is 20.7. The van der Waals surface area contributed by atoms with Crippen molar-refractivity contribution in [3.05, 3.63) is 88.7 Å². The van der Waals surface area contributed by atoms with Crippen LogP contribution in [0.4, 0.5) is 5.95 Å². The van der Waals surface area contributed by atoms with E-state index in [0.29, 0.717) is 22.5 Å². The fraction of sp³-hybridized carbons (Fsp3) is 0.0833. The van der Waals surface area contributed by atoms with Crippen LogP contribution in [-0.4, -0.2) is 38.9 Å². The molecule has 1 aliphatic rings. The summed E-state index contributed by atoms with van der Waals surface area (Å²) in [6.07, 6.45) is 1.55. The number of methoxy groups -OCH3 is 1. The van der Waals surface area contributed by atoms with E-state index in [9.17, 15) is 14.7 Å². The van der Waals surface area contributed by atoms with Gasteiger partial charge in [-0.1, -0.05) is 29.8 Å². The smallest absolute Gasteiger partial charge is 0.302 e.